The molecule has 0 aliphatic carbocycles. The van der Waals surface area contributed by atoms with Gasteiger partial charge in [0.1, 0.15) is 5.75 Å². The number of nitrogen functional groups attached to an aromatic ring is 1. The van der Waals surface area contributed by atoms with E-state index in [9.17, 15) is 0 Å². The van der Waals surface area contributed by atoms with Crippen molar-refractivity contribution in [2.24, 2.45) is 136 Å². The molecular formula is C30H40ClN35O. The van der Waals surface area contributed by atoms with Crippen LogP contribution >= 0.6 is 11.6 Å². The Labute approximate surface area is 382 Å². The standard InChI is InChI=1S/C30H37ClN8O.H3N27/c1-36-10-13-38(14-11-36)15-12-37(2)26-17-27(40-3)25(16-24(26)32)34-30-33-18-23(31)28(35-30)22-19-39-9-5-7-20-6-4-8-21(22)29(20)39;1-3-5-7-9-11-13-15-17-19-21-23-25-27-26-24-22-20-18-16-14-12-10-8-6-4-2/h4,6,8,16-19H,5,7,9-15,32H2,1-3H3,(H,33,34,35);(H3,1,2,5,6,9,10,13,14,17,18,21,22,25,26). The van der Waals surface area contributed by atoms with Gasteiger partial charge in [-0.1, -0.05) is 35.0 Å². The van der Waals surface area contributed by atoms with Gasteiger partial charge in [0.2, 0.25) is 5.95 Å². The van der Waals surface area contributed by atoms with Crippen LogP contribution < -0.4 is 26.5 Å². The molecule has 0 unspecified atom stereocenters. The van der Waals surface area contributed by atoms with Crippen LogP contribution in [0.2, 0.25) is 5.02 Å². The van der Waals surface area contributed by atoms with Crippen LogP contribution in [-0.4, -0.2) is 84.8 Å². The number of hydrogen-bond acceptors (Lipinski definition) is 10. The molecule has 0 radical (unpaired) electrons. The Bertz CT molecular complexity index is 2600. The minimum absolute atomic E-state index is 0.431. The fraction of sp³-hybridized carbons (Fsp3) is 0.400. The molecule has 1 saturated heterocycles. The van der Waals surface area contributed by atoms with E-state index < -0.39 is 0 Å². The number of rotatable bonds is 20. The van der Waals surface area contributed by atoms with E-state index in [1.807, 2.05) is 12.1 Å². The third kappa shape index (κ3) is 15.7. The minimum Gasteiger partial charge on any atom is -0.494 e. The molecule has 2 aromatic heterocycles. The van der Waals surface area contributed by atoms with Gasteiger partial charge in [0.15, 0.2) is 0 Å². The lowest BCUT2D eigenvalue weighted by molar-refractivity contribution is 0.157. The molecule has 1 fully saturated rings. The quantitative estimate of drug-likeness (QED) is 0.0284. The van der Waals surface area contributed by atoms with Crippen LogP contribution in [0.5, 0.6) is 5.75 Å². The zero-order valence-corrected chi connectivity index (χ0v) is 36.5. The first kappa shape index (κ1) is 49.1. The first-order valence-electron chi connectivity index (χ1n) is 19.2. The van der Waals surface area contributed by atoms with Crippen molar-refractivity contribution in [3.05, 3.63) is 53.3 Å². The van der Waals surface area contributed by atoms with Gasteiger partial charge >= 0.3 is 0 Å². The van der Waals surface area contributed by atoms with Crippen LogP contribution in [0.4, 0.5) is 23.0 Å². The van der Waals surface area contributed by atoms with E-state index in [-0.39, 0.29) is 0 Å². The number of likely N-dealkylation sites (N-methyl/N-ethyl adjacent to an activating group) is 2. The zero-order valence-electron chi connectivity index (χ0n) is 35.7. The number of benzene rings is 2. The maximum absolute atomic E-state index is 6.66. The summed E-state index contributed by atoms with van der Waals surface area (Å²) < 4.78 is 8.08. The number of anilines is 4. The summed E-state index contributed by atoms with van der Waals surface area (Å²) >= 11 is 6.66. The van der Waals surface area contributed by atoms with Crippen molar-refractivity contribution in [2.45, 2.75) is 19.4 Å². The molecule has 37 heteroatoms. The molecule has 348 valence electrons. The zero-order chi connectivity index (χ0) is 47.5. The molecule has 0 spiro atoms. The third-order valence-electron chi connectivity index (χ3n) is 9.16. The third-order valence-corrected chi connectivity index (χ3v) is 9.43. The molecule has 67 heavy (non-hydrogen) atoms. The minimum atomic E-state index is 0.431. The molecule has 2 aromatic carbocycles. The number of halogens is 1. The maximum atomic E-state index is 6.66. The summed E-state index contributed by atoms with van der Waals surface area (Å²) in [7, 11) is 5.91. The molecule has 4 heterocycles. The Morgan fingerprint density at radius 1 is 0.791 bits per heavy atom. The van der Waals surface area contributed by atoms with Gasteiger partial charge in [-0.2, -0.15) is 5.53 Å². The molecule has 2 aliphatic rings. The molecule has 2 aliphatic heterocycles. The molecule has 0 atom stereocenters. The van der Waals surface area contributed by atoms with Crippen LogP contribution in [-0.2, 0) is 13.0 Å². The Morgan fingerprint density at radius 3 is 1.91 bits per heavy atom. The predicted molar refractivity (Wildman–Crippen MR) is 232 cm³/mol. The van der Waals surface area contributed by atoms with E-state index in [0.29, 0.717) is 33.8 Å². The Kier molecular flexibility index (Phi) is 20.0. The number of ether oxygens (including phenoxy) is 1. The first-order valence-corrected chi connectivity index (χ1v) is 19.6. The van der Waals surface area contributed by atoms with Gasteiger partial charge in [0.05, 0.1) is 46.6 Å². The number of hydrogen-bond donors (Lipinski definition) is 4. The highest BCUT2D eigenvalue weighted by Crippen LogP contribution is 2.39. The van der Waals surface area contributed by atoms with Gasteiger partial charge in [0, 0.05) is 123 Å². The highest BCUT2D eigenvalue weighted by Gasteiger charge is 2.21. The van der Waals surface area contributed by atoms with Gasteiger partial charge in [-0.3, -0.25) is 4.90 Å². The van der Waals surface area contributed by atoms with Crippen LogP contribution in [0.1, 0.15) is 12.0 Å². The summed E-state index contributed by atoms with van der Waals surface area (Å²) in [6.45, 7) is 7.27. The lowest BCUT2D eigenvalue weighted by atomic mass is 10.0. The fourth-order valence-corrected chi connectivity index (χ4v) is 6.46. The normalized spacial score (nSPS) is 15.4. The summed E-state index contributed by atoms with van der Waals surface area (Å²) in [6.07, 6.45) is 6.03. The lowest BCUT2D eigenvalue weighted by Crippen LogP contribution is -2.46. The molecular weight excluding hydrogens is 902 g/mol. The maximum Gasteiger partial charge on any atom is 0.227 e. The molecule has 6 rings (SSSR count). The first-order chi connectivity index (χ1) is 32.8. The predicted octanol–water partition coefficient (Wildman–Crippen LogP) is 9.01. The molecule has 4 aromatic rings. The van der Waals surface area contributed by atoms with Gasteiger partial charge < -0.3 is 36.0 Å². The Balaban J connectivity index is 0.000000274. The van der Waals surface area contributed by atoms with Crippen molar-refractivity contribution < 1.29 is 4.74 Å². The number of methoxy groups -OCH3 is 1. The number of nitrogens with zero attached hydrogens (tertiary/aromatic N) is 31. The second-order valence-electron chi connectivity index (χ2n) is 13.1. The highest BCUT2D eigenvalue weighted by molar-refractivity contribution is 6.33. The van der Waals surface area contributed by atoms with Gasteiger partial charge in [-0.05, 0) is 110 Å². The van der Waals surface area contributed by atoms with E-state index in [2.05, 4.69) is 204 Å². The van der Waals surface area contributed by atoms with E-state index >= 15 is 0 Å². The summed E-state index contributed by atoms with van der Waals surface area (Å²) in [6, 6.07) is 10.3. The van der Waals surface area contributed by atoms with Gasteiger partial charge in [-0.25, -0.2) is 9.97 Å². The van der Waals surface area contributed by atoms with Crippen LogP contribution in [0.15, 0.2) is 173 Å². The van der Waals surface area contributed by atoms with Crippen molar-refractivity contribution in [1.29, 1.82) is 5.53 Å². The fourth-order valence-electron chi connectivity index (χ4n) is 6.27. The van der Waals surface area contributed by atoms with E-state index in [0.717, 1.165) is 75.3 Å². The second-order valence-corrected chi connectivity index (χ2v) is 13.5. The number of piperazine rings is 1. The largest absolute Gasteiger partial charge is 0.494 e. The second kappa shape index (κ2) is 27.3. The summed E-state index contributed by atoms with van der Waals surface area (Å²) in [5.41, 5.74) is 19.4. The molecule has 6 N–H and O–H groups in total. The number of aryl methyl sites for hydroxylation is 2. The highest BCUT2D eigenvalue weighted by atomic mass is 35.5. The molecule has 0 bridgehead atoms. The lowest BCUT2D eigenvalue weighted by Gasteiger charge is -2.34. The average molecular weight is 942 g/mol. The van der Waals surface area contributed by atoms with Gasteiger partial charge in [0.25, 0.3) is 0 Å². The van der Waals surface area contributed by atoms with Crippen molar-refractivity contribution in [1.82, 2.24) is 24.3 Å². The van der Waals surface area contributed by atoms with Gasteiger partial charge in [-0.15, -0.1) is 0 Å². The van der Waals surface area contributed by atoms with Crippen LogP contribution in [0, 0.1) is 5.53 Å². The number of aromatic nitrogens is 3. The number of para-hydroxylation sites is 1. The average Bonchev–Trinajstić information content (AvgIpc) is 3.72. The smallest absolute Gasteiger partial charge is 0.227 e. The molecule has 0 amide bonds. The monoisotopic (exact) mass is 941 g/mol. The SMILES string of the molecule is COc1cc(N(C)CCN2CCN(C)CC2)c(N)cc1Nc1ncc(Cl)c(-c2cn3c4c(cccc24)CCC3)n1.N=N/N=N/N=N/N=N/N=N/N=N/N=N/N=N/N=N/N=N/N=N/N=N/N=N/N. The van der Waals surface area contributed by atoms with Crippen molar-refractivity contribution >= 4 is 45.5 Å². The molecule has 0 saturated carbocycles. The van der Waals surface area contributed by atoms with E-state index in [1.54, 1.807) is 13.3 Å². The summed E-state index contributed by atoms with van der Waals surface area (Å²) in [5.74, 6) is 5.71. The number of nitrogens with one attached hydrogen (secondary N) is 2. The molecule has 36 nitrogen and oxygen atoms in total. The number of nitrogens with two attached hydrogens (primary N) is 2. The van der Waals surface area contributed by atoms with Crippen LogP contribution in [0.3, 0.4) is 0 Å². The van der Waals surface area contributed by atoms with Crippen molar-refractivity contribution in [3.8, 4) is 17.0 Å². The van der Waals surface area contributed by atoms with Crippen molar-refractivity contribution in [2.75, 3.05) is 76.4 Å². The Hall–Kier alpha value is -8.93. The Morgan fingerprint density at radius 2 is 1.36 bits per heavy atom. The summed E-state index contributed by atoms with van der Waals surface area (Å²) in [4.78, 5) is 16.4. The van der Waals surface area contributed by atoms with E-state index in [1.165, 1.54) is 11.1 Å². The topological polar surface area (TPSA) is 447 Å². The van der Waals surface area contributed by atoms with E-state index in [4.69, 9.17) is 32.6 Å². The van der Waals surface area contributed by atoms with Crippen LogP contribution in [0.25, 0.3) is 22.2 Å². The van der Waals surface area contributed by atoms with Crippen molar-refractivity contribution in [3.63, 3.8) is 0 Å². The summed E-state index contributed by atoms with van der Waals surface area (Å²) in [5, 5.41) is 78.2.